The number of carbonyl (C=O) groups excluding carboxylic acids is 3. The van der Waals surface area contributed by atoms with Crippen molar-refractivity contribution in [1.82, 2.24) is 0 Å². The van der Waals surface area contributed by atoms with Crippen LogP contribution in [0, 0.1) is 17.3 Å². The first-order valence-corrected chi connectivity index (χ1v) is 8.66. The van der Waals surface area contributed by atoms with E-state index in [-0.39, 0.29) is 28.8 Å². The van der Waals surface area contributed by atoms with Crippen LogP contribution in [0.1, 0.15) is 47.5 Å². The summed E-state index contributed by atoms with van der Waals surface area (Å²) in [5, 5.41) is 10.9. The molecular weight excluding hydrogens is 324 g/mol. The minimum Gasteiger partial charge on any atom is -0.456 e. The summed E-state index contributed by atoms with van der Waals surface area (Å²) in [6.45, 7) is 8.83. The van der Waals surface area contributed by atoms with Crippen molar-refractivity contribution in [2.24, 2.45) is 17.3 Å². The molecule has 1 aliphatic heterocycles. The van der Waals surface area contributed by atoms with E-state index in [1.807, 2.05) is 13.8 Å². The summed E-state index contributed by atoms with van der Waals surface area (Å²) in [5.74, 6) is -3.59. The van der Waals surface area contributed by atoms with Gasteiger partial charge in [-0.15, -0.1) is 0 Å². The van der Waals surface area contributed by atoms with Crippen LogP contribution in [0.2, 0.25) is 0 Å². The molecule has 3 rings (SSSR count). The summed E-state index contributed by atoms with van der Waals surface area (Å²) in [6.07, 6.45) is 1.43. The number of fused-ring (bicyclic) bond motifs is 2. The van der Waals surface area contributed by atoms with Crippen LogP contribution < -0.4 is 0 Å². The molecule has 0 aromatic heterocycles. The lowest BCUT2D eigenvalue weighted by Gasteiger charge is -2.50. The summed E-state index contributed by atoms with van der Waals surface area (Å²) in [7, 11) is 0. The predicted octanol–water partition coefficient (Wildman–Crippen LogP) is 2.06. The number of hydrogen-bond acceptors (Lipinski definition) is 6. The first kappa shape index (κ1) is 17.9. The van der Waals surface area contributed by atoms with Crippen molar-refractivity contribution in [3.63, 3.8) is 0 Å². The Balaban J connectivity index is 2.23. The van der Waals surface area contributed by atoms with Gasteiger partial charge in [-0.3, -0.25) is 9.59 Å². The predicted molar refractivity (Wildman–Crippen MR) is 88.1 cm³/mol. The van der Waals surface area contributed by atoms with Crippen LogP contribution in [0.4, 0.5) is 0 Å². The lowest BCUT2D eigenvalue weighted by molar-refractivity contribution is -0.181. The van der Waals surface area contributed by atoms with Crippen LogP contribution in [0.25, 0.3) is 0 Å². The Labute approximate surface area is 146 Å². The molecule has 0 saturated heterocycles. The Bertz CT molecular complexity index is 730. The maximum atomic E-state index is 12.6. The maximum Gasteiger partial charge on any atom is 0.337 e. The van der Waals surface area contributed by atoms with Crippen molar-refractivity contribution in [1.29, 1.82) is 0 Å². The number of esters is 2. The Kier molecular flexibility index (Phi) is 3.95. The number of rotatable bonds is 2. The fourth-order valence-electron chi connectivity index (χ4n) is 4.06. The third kappa shape index (κ3) is 2.38. The molecule has 0 aromatic rings. The number of Topliss-reactive ketones (excluding diaryl/α,β-unsaturated/α-hetero) is 1. The molecule has 6 nitrogen and oxygen atoms in total. The molecule has 0 radical (unpaired) electrons. The van der Waals surface area contributed by atoms with Gasteiger partial charge in [0.1, 0.15) is 6.10 Å². The van der Waals surface area contributed by atoms with Gasteiger partial charge in [0, 0.05) is 23.0 Å². The number of ether oxygens (including phenoxy) is 2. The summed E-state index contributed by atoms with van der Waals surface area (Å²) in [4.78, 5) is 37.0. The highest BCUT2D eigenvalue weighted by atomic mass is 16.7. The first-order chi connectivity index (χ1) is 11.5. The van der Waals surface area contributed by atoms with Crippen LogP contribution in [-0.4, -0.2) is 34.7 Å². The molecule has 0 amide bonds. The Hall–Kier alpha value is -1.95. The van der Waals surface area contributed by atoms with Gasteiger partial charge in [-0.25, -0.2) is 4.79 Å². The van der Waals surface area contributed by atoms with Gasteiger partial charge in [0.2, 0.25) is 0 Å². The topological polar surface area (TPSA) is 89.9 Å². The van der Waals surface area contributed by atoms with Gasteiger partial charge in [-0.05, 0) is 25.3 Å². The number of aliphatic hydroxyl groups is 1. The highest BCUT2D eigenvalue weighted by Crippen LogP contribution is 2.56. The molecule has 1 saturated carbocycles. The average Bonchev–Trinajstić information content (AvgIpc) is 2.75. The van der Waals surface area contributed by atoms with Gasteiger partial charge < -0.3 is 14.6 Å². The summed E-state index contributed by atoms with van der Waals surface area (Å²) < 4.78 is 10.9. The summed E-state index contributed by atoms with van der Waals surface area (Å²) in [5.41, 5.74) is 0.0307. The maximum absolute atomic E-state index is 12.6. The molecule has 0 unspecified atom stereocenters. The molecule has 2 aliphatic carbocycles. The third-order valence-corrected chi connectivity index (χ3v) is 5.91. The van der Waals surface area contributed by atoms with Crippen molar-refractivity contribution < 1.29 is 29.0 Å². The SMILES string of the molecule is CC1=C2[C@@H](OC(=O)C(C)C)[C@@]3(C)C(=C[C@@]2(O)OC1=O)C(=O)CC[C@@H]3C. The lowest BCUT2D eigenvalue weighted by atomic mass is 9.56. The second kappa shape index (κ2) is 5.53. The molecule has 4 atom stereocenters. The molecule has 3 aliphatic rings. The fraction of sp³-hybridized carbons (Fsp3) is 0.632. The third-order valence-electron chi connectivity index (χ3n) is 5.91. The van der Waals surface area contributed by atoms with Crippen LogP contribution in [0.5, 0.6) is 0 Å². The second-order valence-corrected chi connectivity index (χ2v) is 7.80. The van der Waals surface area contributed by atoms with Crippen LogP contribution in [0.15, 0.2) is 22.8 Å². The normalized spacial score (nSPS) is 37.5. The van der Waals surface area contributed by atoms with Crippen LogP contribution in [0.3, 0.4) is 0 Å². The molecule has 25 heavy (non-hydrogen) atoms. The van der Waals surface area contributed by atoms with E-state index in [4.69, 9.17) is 9.47 Å². The van der Waals surface area contributed by atoms with E-state index in [2.05, 4.69) is 0 Å². The minimum absolute atomic E-state index is 0.0296. The van der Waals surface area contributed by atoms with Crippen molar-refractivity contribution in [2.45, 2.75) is 59.4 Å². The zero-order chi connectivity index (χ0) is 18.7. The molecule has 0 spiro atoms. The molecule has 1 heterocycles. The highest BCUT2D eigenvalue weighted by Gasteiger charge is 2.62. The van der Waals surface area contributed by atoms with Crippen molar-refractivity contribution in [3.05, 3.63) is 22.8 Å². The standard InChI is InChI=1S/C19H24O6/c1-9(2)16(21)24-15-14-11(4)17(22)25-19(14,23)8-12-13(20)7-6-10(3)18(12,15)5/h8-10,15,23H,6-7H2,1-5H3/t10-,15+,18+,19+/m0/s1. The lowest BCUT2D eigenvalue weighted by Crippen LogP contribution is -2.56. The van der Waals surface area contributed by atoms with Gasteiger partial charge in [0.05, 0.1) is 11.5 Å². The first-order valence-electron chi connectivity index (χ1n) is 8.66. The van der Waals surface area contributed by atoms with Crippen molar-refractivity contribution >= 4 is 17.7 Å². The molecular formula is C19H24O6. The number of ketones is 1. The minimum atomic E-state index is -2.02. The Morgan fingerprint density at radius 3 is 2.64 bits per heavy atom. The molecule has 1 N–H and O–H groups in total. The quantitative estimate of drug-likeness (QED) is 0.768. The molecule has 1 fully saturated rings. The molecule has 6 heteroatoms. The van der Waals surface area contributed by atoms with E-state index in [1.165, 1.54) is 6.08 Å². The van der Waals surface area contributed by atoms with Crippen molar-refractivity contribution in [2.75, 3.05) is 0 Å². The largest absolute Gasteiger partial charge is 0.456 e. The molecule has 0 bridgehead atoms. The fourth-order valence-corrected chi connectivity index (χ4v) is 4.06. The summed E-state index contributed by atoms with van der Waals surface area (Å²) >= 11 is 0. The molecule has 136 valence electrons. The van der Waals surface area contributed by atoms with E-state index < -0.39 is 29.2 Å². The van der Waals surface area contributed by atoms with Gasteiger partial charge in [-0.2, -0.15) is 0 Å². The van der Waals surface area contributed by atoms with Crippen LogP contribution in [-0.2, 0) is 23.9 Å². The van der Waals surface area contributed by atoms with E-state index >= 15 is 0 Å². The van der Waals surface area contributed by atoms with Gasteiger partial charge in [0.15, 0.2) is 5.78 Å². The number of carbonyl (C=O) groups is 3. The second-order valence-electron chi connectivity index (χ2n) is 7.80. The summed E-state index contributed by atoms with van der Waals surface area (Å²) in [6, 6.07) is 0. The smallest absolute Gasteiger partial charge is 0.337 e. The van der Waals surface area contributed by atoms with Gasteiger partial charge in [-0.1, -0.05) is 27.7 Å². The Morgan fingerprint density at radius 1 is 1.40 bits per heavy atom. The zero-order valence-corrected chi connectivity index (χ0v) is 15.2. The van der Waals surface area contributed by atoms with E-state index in [0.717, 1.165) is 0 Å². The van der Waals surface area contributed by atoms with Crippen LogP contribution >= 0.6 is 0 Å². The van der Waals surface area contributed by atoms with Crippen molar-refractivity contribution in [3.8, 4) is 0 Å². The van der Waals surface area contributed by atoms with E-state index in [9.17, 15) is 19.5 Å². The van der Waals surface area contributed by atoms with Gasteiger partial charge >= 0.3 is 11.9 Å². The molecule has 0 aromatic carbocycles. The number of hydrogen-bond donors (Lipinski definition) is 1. The van der Waals surface area contributed by atoms with E-state index in [1.54, 1.807) is 20.8 Å². The van der Waals surface area contributed by atoms with Gasteiger partial charge in [0.25, 0.3) is 5.79 Å². The Morgan fingerprint density at radius 2 is 2.04 bits per heavy atom. The van der Waals surface area contributed by atoms with E-state index in [0.29, 0.717) is 18.4 Å². The zero-order valence-electron chi connectivity index (χ0n) is 15.2. The highest BCUT2D eigenvalue weighted by molar-refractivity contribution is 6.00. The average molecular weight is 348 g/mol. The monoisotopic (exact) mass is 348 g/mol.